The predicted octanol–water partition coefficient (Wildman–Crippen LogP) is 3.98. The van der Waals surface area contributed by atoms with Crippen LogP contribution in [-0.2, 0) is 4.74 Å². The summed E-state index contributed by atoms with van der Waals surface area (Å²) in [6.45, 7) is 0. The van der Waals surface area contributed by atoms with Crippen LogP contribution < -0.4 is 5.32 Å². The Morgan fingerprint density at radius 3 is 3.10 bits per heavy atom. The van der Waals surface area contributed by atoms with Crippen LogP contribution in [0.1, 0.15) is 10.5 Å². The van der Waals surface area contributed by atoms with Gasteiger partial charge >= 0.3 is 5.97 Å². The number of nitrogens with zero attached hydrogens (tertiary/aromatic N) is 2. The molecule has 0 fully saturated rings. The molecule has 1 aromatic carbocycles. The Bertz CT molecular complexity index is 819. The highest BCUT2D eigenvalue weighted by atomic mass is 79.9. The minimum Gasteiger partial charge on any atom is -0.464 e. The molecule has 0 bridgehead atoms. The lowest BCUT2D eigenvalue weighted by molar-refractivity contribution is 0.0595. The first kappa shape index (κ1) is 14.0. The summed E-state index contributed by atoms with van der Waals surface area (Å²) in [6.07, 6.45) is 1.75. The number of hydrogen-bond donors (Lipinski definition) is 1. The van der Waals surface area contributed by atoms with Crippen LogP contribution in [0.25, 0.3) is 10.9 Å². The molecule has 106 valence electrons. The van der Waals surface area contributed by atoms with E-state index in [1.807, 2.05) is 24.3 Å². The van der Waals surface area contributed by atoms with E-state index in [0.29, 0.717) is 10.8 Å². The monoisotopic (exact) mass is 363 g/mol. The Kier molecular flexibility index (Phi) is 3.85. The molecule has 7 heteroatoms. The molecule has 2 heterocycles. The minimum atomic E-state index is -0.445. The second-order valence-corrected chi connectivity index (χ2v) is 5.96. The largest absolute Gasteiger partial charge is 0.464 e. The molecular weight excluding hydrogens is 354 g/mol. The average Bonchev–Trinajstić information content (AvgIpc) is 2.95. The predicted molar refractivity (Wildman–Crippen MR) is 86.2 cm³/mol. The fourth-order valence-corrected chi connectivity index (χ4v) is 2.92. The molecule has 3 aromatic rings. The summed E-state index contributed by atoms with van der Waals surface area (Å²) in [5, 5.41) is 6.47. The van der Waals surface area contributed by atoms with Crippen LogP contribution >= 0.6 is 27.3 Å². The molecule has 1 N–H and O–H groups in total. The average molecular weight is 364 g/mol. The maximum Gasteiger partial charge on any atom is 0.357 e. The Balaban J connectivity index is 1.94. The van der Waals surface area contributed by atoms with Crippen molar-refractivity contribution in [3.63, 3.8) is 0 Å². The molecule has 5 nitrogen and oxygen atoms in total. The molecular formula is C14H10BrN3O2S. The summed E-state index contributed by atoms with van der Waals surface area (Å²) in [5.41, 5.74) is 1.97. The molecule has 0 amide bonds. The van der Waals surface area contributed by atoms with Crippen molar-refractivity contribution >= 4 is 55.0 Å². The number of nitrogens with one attached hydrogen (secondary N) is 1. The maximum atomic E-state index is 11.4. The summed E-state index contributed by atoms with van der Waals surface area (Å²) in [4.78, 5) is 20.0. The fourth-order valence-electron chi connectivity index (χ4n) is 1.88. The smallest absolute Gasteiger partial charge is 0.357 e. The topological polar surface area (TPSA) is 64.1 Å². The van der Waals surface area contributed by atoms with Crippen molar-refractivity contribution in [2.45, 2.75) is 0 Å². The minimum absolute atomic E-state index is 0.293. The third-order valence-electron chi connectivity index (χ3n) is 2.82. The highest BCUT2D eigenvalue weighted by Gasteiger charge is 2.11. The lowest BCUT2D eigenvalue weighted by Crippen LogP contribution is -2.01. The molecule has 0 radical (unpaired) electrons. The van der Waals surface area contributed by atoms with Crippen molar-refractivity contribution in [3.8, 4) is 0 Å². The van der Waals surface area contributed by atoms with Gasteiger partial charge in [0.25, 0.3) is 0 Å². The van der Waals surface area contributed by atoms with Crippen LogP contribution in [0.3, 0.4) is 0 Å². The second-order valence-electron chi connectivity index (χ2n) is 4.19. The molecule has 3 rings (SSSR count). The van der Waals surface area contributed by atoms with Gasteiger partial charge in [-0.25, -0.2) is 9.78 Å². The van der Waals surface area contributed by atoms with Gasteiger partial charge in [-0.3, -0.25) is 4.98 Å². The maximum absolute atomic E-state index is 11.4. The van der Waals surface area contributed by atoms with Crippen LogP contribution in [0.2, 0.25) is 0 Å². The molecule has 0 aliphatic heterocycles. The number of thiazole rings is 1. The molecule has 0 unspecified atom stereocenters. The molecule has 21 heavy (non-hydrogen) atoms. The molecule has 0 spiro atoms. The SMILES string of the molecule is COC(=O)c1csc(Nc2cccc3cc(Br)cnc23)n1. The molecule has 2 aromatic heterocycles. The van der Waals surface area contributed by atoms with Gasteiger partial charge in [0, 0.05) is 21.4 Å². The van der Waals surface area contributed by atoms with Crippen molar-refractivity contribution in [3.05, 3.63) is 46.0 Å². The van der Waals surface area contributed by atoms with Crippen molar-refractivity contribution in [1.29, 1.82) is 0 Å². The number of hydrogen-bond acceptors (Lipinski definition) is 6. The lowest BCUT2D eigenvalue weighted by atomic mass is 10.2. The van der Waals surface area contributed by atoms with Crippen LogP contribution in [-0.4, -0.2) is 23.0 Å². The Hall–Kier alpha value is -1.99. The zero-order valence-electron chi connectivity index (χ0n) is 11.0. The van der Waals surface area contributed by atoms with E-state index in [-0.39, 0.29) is 0 Å². The van der Waals surface area contributed by atoms with Gasteiger partial charge in [0.1, 0.15) is 0 Å². The zero-order valence-corrected chi connectivity index (χ0v) is 13.4. The number of pyridine rings is 1. The zero-order chi connectivity index (χ0) is 14.8. The Morgan fingerprint density at radius 2 is 2.29 bits per heavy atom. The number of methoxy groups -OCH3 is 1. The first-order chi connectivity index (χ1) is 10.2. The van der Waals surface area contributed by atoms with Gasteiger partial charge in [-0.2, -0.15) is 0 Å². The van der Waals surface area contributed by atoms with E-state index >= 15 is 0 Å². The molecule has 0 atom stereocenters. The number of fused-ring (bicyclic) bond motifs is 1. The van der Waals surface area contributed by atoms with Gasteiger partial charge in [-0.15, -0.1) is 11.3 Å². The third-order valence-corrected chi connectivity index (χ3v) is 4.01. The van der Waals surface area contributed by atoms with Crippen molar-refractivity contribution < 1.29 is 9.53 Å². The first-order valence-corrected chi connectivity index (χ1v) is 7.70. The summed E-state index contributed by atoms with van der Waals surface area (Å²) in [6, 6.07) is 7.84. The molecule has 0 saturated carbocycles. The Morgan fingerprint density at radius 1 is 1.43 bits per heavy atom. The molecule has 0 saturated heterocycles. The van der Waals surface area contributed by atoms with E-state index in [0.717, 1.165) is 21.1 Å². The molecule has 0 aliphatic rings. The summed E-state index contributed by atoms with van der Waals surface area (Å²) in [5.74, 6) is -0.445. The van der Waals surface area contributed by atoms with Gasteiger partial charge in [0.15, 0.2) is 10.8 Å². The fraction of sp³-hybridized carbons (Fsp3) is 0.0714. The van der Waals surface area contributed by atoms with Crippen molar-refractivity contribution in [1.82, 2.24) is 9.97 Å². The number of rotatable bonds is 3. The van der Waals surface area contributed by atoms with Crippen LogP contribution in [0.5, 0.6) is 0 Å². The van der Waals surface area contributed by atoms with Gasteiger partial charge in [-0.1, -0.05) is 12.1 Å². The van der Waals surface area contributed by atoms with Crippen molar-refractivity contribution in [2.75, 3.05) is 12.4 Å². The number of esters is 1. The van der Waals surface area contributed by atoms with E-state index in [9.17, 15) is 4.79 Å². The van der Waals surface area contributed by atoms with E-state index in [1.54, 1.807) is 11.6 Å². The lowest BCUT2D eigenvalue weighted by Gasteiger charge is -2.06. The van der Waals surface area contributed by atoms with Gasteiger partial charge < -0.3 is 10.1 Å². The van der Waals surface area contributed by atoms with Gasteiger partial charge in [0.05, 0.1) is 18.3 Å². The second kappa shape index (κ2) is 5.79. The first-order valence-electron chi connectivity index (χ1n) is 6.02. The number of benzene rings is 1. The number of anilines is 2. The standard InChI is InChI=1S/C14H10BrN3O2S/c1-20-13(19)11-7-21-14(18-11)17-10-4-2-3-8-5-9(15)6-16-12(8)10/h2-7H,1H3,(H,17,18). The van der Waals surface area contributed by atoms with Crippen LogP contribution in [0.4, 0.5) is 10.8 Å². The number of carbonyl (C=O) groups excluding carboxylic acids is 1. The van der Waals surface area contributed by atoms with Gasteiger partial charge in [0.2, 0.25) is 0 Å². The highest BCUT2D eigenvalue weighted by molar-refractivity contribution is 9.10. The van der Waals surface area contributed by atoms with E-state index in [1.165, 1.54) is 18.4 Å². The number of halogens is 1. The van der Waals surface area contributed by atoms with Crippen LogP contribution in [0, 0.1) is 0 Å². The van der Waals surface area contributed by atoms with Crippen LogP contribution in [0.15, 0.2) is 40.3 Å². The Labute approximate surface area is 133 Å². The number of carbonyl (C=O) groups is 1. The number of aromatic nitrogens is 2. The molecule has 0 aliphatic carbocycles. The quantitative estimate of drug-likeness (QED) is 0.712. The number of para-hydroxylation sites is 1. The van der Waals surface area contributed by atoms with E-state index in [4.69, 9.17) is 0 Å². The van der Waals surface area contributed by atoms with Gasteiger partial charge in [-0.05, 0) is 28.1 Å². The highest BCUT2D eigenvalue weighted by Crippen LogP contribution is 2.28. The van der Waals surface area contributed by atoms with Crippen molar-refractivity contribution in [2.24, 2.45) is 0 Å². The number of ether oxygens (including phenoxy) is 1. The van der Waals surface area contributed by atoms with E-state index < -0.39 is 5.97 Å². The summed E-state index contributed by atoms with van der Waals surface area (Å²) in [7, 11) is 1.33. The summed E-state index contributed by atoms with van der Waals surface area (Å²) >= 11 is 4.75. The third kappa shape index (κ3) is 2.88. The normalized spacial score (nSPS) is 10.6. The van der Waals surface area contributed by atoms with E-state index in [2.05, 4.69) is 36.0 Å². The summed E-state index contributed by atoms with van der Waals surface area (Å²) < 4.78 is 5.57.